The Morgan fingerprint density at radius 1 is 1.28 bits per heavy atom. The molecule has 134 valence electrons. The van der Waals surface area contributed by atoms with E-state index in [0.717, 1.165) is 18.2 Å². The SMILES string of the molecule is COc1ccc(Cn2ccc(NC(=O)NCC(C)(O)C(=O)O)n2)cc1. The second kappa shape index (κ2) is 7.67. The molecule has 1 atom stereocenters. The molecule has 0 saturated carbocycles. The number of nitrogens with zero attached hydrogens (tertiary/aromatic N) is 2. The van der Waals surface area contributed by atoms with Crippen molar-refractivity contribution in [2.45, 2.75) is 19.1 Å². The third kappa shape index (κ3) is 5.21. The number of urea groups is 1. The van der Waals surface area contributed by atoms with Crippen LogP contribution in [-0.4, -0.2) is 51.2 Å². The summed E-state index contributed by atoms with van der Waals surface area (Å²) in [5.41, 5.74) is -1.03. The Hall–Kier alpha value is -3.07. The van der Waals surface area contributed by atoms with E-state index in [4.69, 9.17) is 9.84 Å². The Morgan fingerprint density at radius 2 is 1.96 bits per heavy atom. The molecule has 2 amide bonds. The Kier molecular flexibility index (Phi) is 5.60. The fourth-order valence-electron chi connectivity index (χ4n) is 1.92. The predicted molar refractivity (Wildman–Crippen MR) is 89.6 cm³/mol. The molecular formula is C16H20N4O5. The van der Waals surface area contributed by atoms with E-state index in [0.29, 0.717) is 12.4 Å². The van der Waals surface area contributed by atoms with Gasteiger partial charge in [0.1, 0.15) is 5.75 Å². The van der Waals surface area contributed by atoms with E-state index in [9.17, 15) is 14.7 Å². The molecule has 0 bridgehead atoms. The highest BCUT2D eigenvalue weighted by Crippen LogP contribution is 2.13. The third-order valence-corrected chi connectivity index (χ3v) is 3.44. The van der Waals surface area contributed by atoms with Crippen LogP contribution in [0.2, 0.25) is 0 Å². The third-order valence-electron chi connectivity index (χ3n) is 3.44. The normalized spacial score (nSPS) is 12.9. The van der Waals surface area contributed by atoms with E-state index < -0.39 is 24.1 Å². The average molecular weight is 348 g/mol. The smallest absolute Gasteiger partial charge is 0.337 e. The molecule has 1 heterocycles. The highest BCUT2D eigenvalue weighted by molar-refractivity contribution is 5.88. The molecule has 1 aromatic heterocycles. The van der Waals surface area contributed by atoms with E-state index in [1.54, 1.807) is 24.1 Å². The molecule has 9 heteroatoms. The van der Waals surface area contributed by atoms with E-state index >= 15 is 0 Å². The van der Waals surface area contributed by atoms with Crippen LogP contribution >= 0.6 is 0 Å². The number of hydrogen-bond donors (Lipinski definition) is 4. The molecule has 1 unspecified atom stereocenters. The summed E-state index contributed by atoms with van der Waals surface area (Å²) >= 11 is 0. The predicted octanol–water partition coefficient (Wildman–Crippen LogP) is 0.897. The molecule has 2 rings (SSSR count). The van der Waals surface area contributed by atoms with Crippen molar-refractivity contribution in [1.82, 2.24) is 15.1 Å². The van der Waals surface area contributed by atoms with Crippen molar-refractivity contribution in [2.75, 3.05) is 19.0 Å². The van der Waals surface area contributed by atoms with Crippen LogP contribution in [0.1, 0.15) is 12.5 Å². The van der Waals surface area contributed by atoms with E-state index in [1.807, 2.05) is 24.3 Å². The Morgan fingerprint density at radius 3 is 2.56 bits per heavy atom. The molecule has 4 N–H and O–H groups in total. The summed E-state index contributed by atoms with van der Waals surface area (Å²) in [4.78, 5) is 22.5. The van der Waals surface area contributed by atoms with Gasteiger partial charge in [-0.05, 0) is 24.6 Å². The number of rotatable bonds is 7. The zero-order valence-corrected chi connectivity index (χ0v) is 13.9. The van der Waals surface area contributed by atoms with Crippen molar-refractivity contribution in [2.24, 2.45) is 0 Å². The number of carboxylic acid groups (broad SMARTS) is 1. The maximum atomic E-state index is 11.7. The zero-order valence-electron chi connectivity index (χ0n) is 13.9. The minimum absolute atomic E-state index is 0.306. The fourth-order valence-corrected chi connectivity index (χ4v) is 1.92. The summed E-state index contributed by atoms with van der Waals surface area (Å²) < 4.78 is 6.74. The molecule has 0 fully saturated rings. The van der Waals surface area contributed by atoms with Crippen LogP contribution in [0.3, 0.4) is 0 Å². The van der Waals surface area contributed by atoms with Crippen molar-refractivity contribution >= 4 is 17.8 Å². The van der Waals surface area contributed by atoms with Gasteiger partial charge in [-0.3, -0.25) is 10.00 Å². The molecular weight excluding hydrogens is 328 g/mol. The monoisotopic (exact) mass is 348 g/mol. The quantitative estimate of drug-likeness (QED) is 0.589. The van der Waals surface area contributed by atoms with Crippen molar-refractivity contribution in [3.8, 4) is 5.75 Å². The van der Waals surface area contributed by atoms with Gasteiger partial charge in [0.15, 0.2) is 11.4 Å². The number of aliphatic hydroxyl groups is 1. The molecule has 0 spiro atoms. The number of nitrogens with one attached hydrogen (secondary N) is 2. The fraction of sp³-hybridized carbons (Fsp3) is 0.312. The molecule has 0 radical (unpaired) electrons. The van der Waals surface area contributed by atoms with Gasteiger partial charge in [-0.15, -0.1) is 0 Å². The molecule has 0 aliphatic heterocycles. The van der Waals surface area contributed by atoms with Gasteiger partial charge in [-0.25, -0.2) is 9.59 Å². The molecule has 2 aromatic rings. The standard InChI is InChI=1S/C16H20N4O5/c1-16(24,14(21)22)10-17-15(23)18-13-7-8-20(19-13)9-11-3-5-12(25-2)6-4-11/h3-8,24H,9-10H2,1-2H3,(H,21,22)(H2,17,18,19,23). The molecule has 9 nitrogen and oxygen atoms in total. The lowest BCUT2D eigenvalue weighted by atomic mass is 10.1. The minimum atomic E-state index is -2.04. The lowest BCUT2D eigenvalue weighted by Crippen LogP contribution is -2.47. The van der Waals surface area contributed by atoms with E-state index in [1.165, 1.54) is 0 Å². The van der Waals surface area contributed by atoms with Crippen LogP contribution in [0.15, 0.2) is 36.5 Å². The van der Waals surface area contributed by atoms with Gasteiger partial charge < -0.3 is 20.3 Å². The van der Waals surface area contributed by atoms with E-state index in [-0.39, 0.29) is 0 Å². The number of hydrogen-bond acceptors (Lipinski definition) is 5. The number of amides is 2. The summed E-state index contributed by atoms with van der Waals surface area (Å²) in [6.45, 7) is 1.18. The number of methoxy groups -OCH3 is 1. The van der Waals surface area contributed by atoms with E-state index in [2.05, 4.69) is 15.7 Å². The number of aromatic nitrogens is 2. The van der Waals surface area contributed by atoms with Crippen LogP contribution in [0, 0.1) is 0 Å². The maximum Gasteiger partial charge on any atom is 0.337 e. The number of carbonyl (C=O) groups is 2. The first-order chi connectivity index (χ1) is 11.8. The van der Waals surface area contributed by atoms with Crippen LogP contribution in [0.25, 0.3) is 0 Å². The number of aliphatic carboxylic acids is 1. The first-order valence-corrected chi connectivity index (χ1v) is 7.47. The number of ether oxygens (including phenoxy) is 1. The molecule has 1 aromatic carbocycles. The second-order valence-corrected chi connectivity index (χ2v) is 5.63. The molecule has 0 aliphatic carbocycles. The second-order valence-electron chi connectivity index (χ2n) is 5.63. The van der Waals surface area contributed by atoms with Crippen LogP contribution in [-0.2, 0) is 11.3 Å². The lowest BCUT2D eigenvalue weighted by molar-refractivity contribution is -0.155. The van der Waals surface area contributed by atoms with Crippen molar-refractivity contribution in [3.05, 3.63) is 42.1 Å². The summed E-state index contributed by atoms with van der Waals surface area (Å²) in [6, 6.07) is 8.47. The Bertz CT molecular complexity index is 739. The minimum Gasteiger partial charge on any atom is -0.497 e. The Labute approximate surface area is 144 Å². The molecule has 0 saturated heterocycles. The Balaban J connectivity index is 1.88. The van der Waals surface area contributed by atoms with Gasteiger partial charge in [0.2, 0.25) is 0 Å². The first-order valence-electron chi connectivity index (χ1n) is 7.47. The van der Waals surface area contributed by atoms with Gasteiger partial charge in [0.05, 0.1) is 20.2 Å². The van der Waals surface area contributed by atoms with Crippen LogP contribution in [0.4, 0.5) is 10.6 Å². The highest BCUT2D eigenvalue weighted by atomic mass is 16.5. The lowest BCUT2D eigenvalue weighted by Gasteiger charge is -2.18. The summed E-state index contributed by atoms with van der Waals surface area (Å²) in [7, 11) is 1.60. The number of carbonyl (C=O) groups excluding carboxylic acids is 1. The highest BCUT2D eigenvalue weighted by Gasteiger charge is 2.30. The first kappa shape index (κ1) is 18.3. The number of anilines is 1. The maximum absolute atomic E-state index is 11.7. The summed E-state index contributed by atoms with van der Waals surface area (Å²) in [5.74, 6) is -0.349. The number of benzene rings is 1. The van der Waals surface area contributed by atoms with Crippen LogP contribution in [0.5, 0.6) is 5.75 Å². The number of carboxylic acids is 1. The summed E-state index contributed by atoms with van der Waals surface area (Å²) in [5, 5.41) is 27.3. The van der Waals surface area contributed by atoms with Gasteiger partial charge >= 0.3 is 12.0 Å². The van der Waals surface area contributed by atoms with Crippen LogP contribution < -0.4 is 15.4 Å². The topological polar surface area (TPSA) is 126 Å². The largest absolute Gasteiger partial charge is 0.497 e. The molecule has 0 aliphatic rings. The van der Waals surface area contributed by atoms with Gasteiger partial charge in [-0.2, -0.15) is 5.10 Å². The van der Waals surface area contributed by atoms with Crippen molar-refractivity contribution in [1.29, 1.82) is 0 Å². The van der Waals surface area contributed by atoms with Gasteiger partial charge in [-0.1, -0.05) is 12.1 Å². The molecule has 25 heavy (non-hydrogen) atoms. The van der Waals surface area contributed by atoms with Crippen molar-refractivity contribution < 1.29 is 24.5 Å². The zero-order chi connectivity index (χ0) is 18.4. The van der Waals surface area contributed by atoms with Crippen molar-refractivity contribution in [3.63, 3.8) is 0 Å². The average Bonchev–Trinajstić information content (AvgIpc) is 3.00. The van der Waals surface area contributed by atoms with Gasteiger partial charge in [0.25, 0.3) is 0 Å². The van der Waals surface area contributed by atoms with Gasteiger partial charge in [0, 0.05) is 12.3 Å². The summed E-state index contributed by atoms with van der Waals surface area (Å²) in [6.07, 6.45) is 1.70.